The Balaban J connectivity index is 1.55. The molecular weight excluding hydrogens is 380 g/mol. The SMILES string of the molecule is C[C@H](CCC(C)(C)C)[C@H]1CC[C@H]2[C@@H]3CC=C4C[C@@](C)(O)[C@@H](CO)C[C@]4(C)[C@H]3CC[C@]12C. The van der Waals surface area contributed by atoms with Gasteiger partial charge in [-0.05, 0) is 111 Å². The Bertz CT molecular complexity index is 700. The van der Waals surface area contributed by atoms with Crippen molar-refractivity contribution in [2.45, 2.75) is 112 Å². The van der Waals surface area contributed by atoms with Crippen LogP contribution < -0.4 is 0 Å². The fourth-order valence-corrected chi connectivity index (χ4v) is 9.07. The zero-order valence-electron chi connectivity index (χ0n) is 21.5. The molecule has 0 radical (unpaired) electrons. The maximum Gasteiger partial charge on any atom is 0.0707 e. The van der Waals surface area contributed by atoms with E-state index in [9.17, 15) is 10.2 Å². The highest BCUT2D eigenvalue weighted by atomic mass is 16.3. The minimum Gasteiger partial charge on any atom is -0.396 e. The average Bonchev–Trinajstić information content (AvgIpc) is 3.02. The lowest BCUT2D eigenvalue weighted by Crippen LogP contribution is -2.55. The maximum absolute atomic E-state index is 11.0. The van der Waals surface area contributed by atoms with Crippen molar-refractivity contribution in [3.05, 3.63) is 11.6 Å². The Morgan fingerprint density at radius 2 is 1.81 bits per heavy atom. The number of hydrogen-bond donors (Lipinski definition) is 2. The first-order valence-electron chi connectivity index (χ1n) is 13.3. The molecule has 0 saturated heterocycles. The number of fused-ring (bicyclic) bond motifs is 5. The molecule has 2 N–H and O–H groups in total. The smallest absolute Gasteiger partial charge is 0.0707 e. The molecule has 3 fully saturated rings. The summed E-state index contributed by atoms with van der Waals surface area (Å²) < 4.78 is 0. The molecule has 2 nitrogen and oxygen atoms in total. The molecule has 0 aliphatic heterocycles. The van der Waals surface area contributed by atoms with Gasteiger partial charge in [-0.1, -0.05) is 53.2 Å². The summed E-state index contributed by atoms with van der Waals surface area (Å²) in [6, 6.07) is 0. The molecule has 4 aliphatic rings. The molecule has 4 aliphatic carbocycles. The van der Waals surface area contributed by atoms with E-state index in [4.69, 9.17) is 0 Å². The van der Waals surface area contributed by atoms with Crippen LogP contribution in [0.3, 0.4) is 0 Å². The molecule has 3 saturated carbocycles. The minimum atomic E-state index is -0.753. The molecule has 178 valence electrons. The van der Waals surface area contributed by atoms with Crippen LogP contribution in [0.15, 0.2) is 11.6 Å². The highest BCUT2D eigenvalue weighted by molar-refractivity contribution is 5.27. The first-order valence-corrected chi connectivity index (χ1v) is 13.3. The highest BCUT2D eigenvalue weighted by Crippen LogP contribution is 2.68. The normalized spacial score (nSPS) is 48.4. The molecule has 0 amide bonds. The molecule has 2 heteroatoms. The number of aliphatic hydroxyl groups excluding tert-OH is 1. The summed E-state index contributed by atoms with van der Waals surface area (Å²) in [5, 5.41) is 21.0. The van der Waals surface area contributed by atoms with Gasteiger partial charge in [0.15, 0.2) is 0 Å². The van der Waals surface area contributed by atoms with Gasteiger partial charge in [0, 0.05) is 12.5 Å². The zero-order valence-corrected chi connectivity index (χ0v) is 21.5. The number of hydrogen-bond acceptors (Lipinski definition) is 2. The fourth-order valence-electron chi connectivity index (χ4n) is 9.07. The predicted octanol–water partition coefficient (Wildman–Crippen LogP) is 7.00. The molecule has 31 heavy (non-hydrogen) atoms. The summed E-state index contributed by atoms with van der Waals surface area (Å²) in [5.41, 5.74) is 1.87. The van der Waals surface area contributed by atoms with Crippen LogP contribution in [-0.2, 0) is 0 Å². The second-order valence-corrected chi connectivity index (χ2v) is 14.2. The van der Waals surface area contributed by atoms with E-state index >= 15 is 0 Å². The van der Waals surface area contributed by atoms with Crippen molar-refractivity contribution in [3.8, 4) is 0 Å². The second-order valence-electron chi connectivity index (χ2n) is 14.2. The van der Waals surface area contributed by atoms with Crippen LogP contribution >= 0.6 is 0 Å². The molecule has 0 unspecified atom stereocenters. The van der Waals surface area contributed by atoms with Gasteiger partial charge in [0.2, 0.25) is 0 Å². The van der Waals surface area contributed by atoms with Crippen molar-refractivity contribution in [1.29, 1.82) is 0 Å². The predicted molar refractivity (Wildman–Crippen MR) is 130 cm³/mol. The Morgan fingerprint density at radius 1 is 1.10 bits per heavy atom. The first-order chi connectivity index (χ1) is 14.3. The largest absolute Gasteiger partial charge is 0.396 e. The van der Waals surface area contributed by atoms with Crippen LogP contribution in [0.4, 0.5) is 0 Å². The summed E-state index contributed by atoms with van der Waals surface area (Å²) in [6.07, 6.45) is 13.7. The third-order valence-electron chi connectivity index (χ3n) is 11.1. The minimum absolute atomic E-state index is 0.00968. The molecule has 4 rings (SSSR count). The van der Waals surface area contributed by atoms with Crippen LogP contribution in [0.1, 0.15) is 106 Å². The zero-order chi connectivity index (χ0) is 22.8. The van der Waals surface area contributed by atoms with Gasteiger partial charge in [-0.15, -0.1) is 0 Å². The van der Waals surface area contributed by atoms with Gasteiger partial charge >= 0.3 is 0 Å². The van der Waals surface area contributed by atoms with Crippen LogP contribution in [-0.4, -0.2) is 22.4 Å². The highest BCUT2D eigenvalue weighted by Gasteiger charge is 2.60. The lowest BCUT2D eigenvalue weighted by molar-refractivity contribution is -0.105. The van der Waals surface area contributed by atoms with Gasteiger partial charge in [0.1, 0.15) is 0 Å². The Hall–Kier alpha value is -0.340. The van der Waals surface area contributed by atoms with E-state index in [-0.39, 0.29) is 17.9 Å². The molecule has 0 aromatic rings. The van der Waals surface area contributed by atoms with E-state index < -0.39 is 5.60 Å². The summed E-state index contributed by atoms with van der Waals surface area (Å²) in [4.78, 5) is 0. The van der Waals surface area contributed by atoms with Crippen LogP contribution in [0.5, 0.6) is 0 Å². The second kappa shape index (κ2) is 7.86. The Morgan fingerprint density at radius 3 is 2.45 bits per heavy atom. The number of allylic oxidation sites excluding steroid dienone is 1. The summed E-state index contributed by atoms with van der Waals surface area (Å²) in [6.45, 7) is 16.9. The van der Waals surface area contributed by atoms with Crippen molar-refractivity contribution < 1.29 is 10.2 Å². The number of rotatable bonds is 4. The van der Waals surface area contributed by atoms with Gasteiger partial charge in [-0.2, -0.15) is 0 Å². The van der Waals surface area contributed by atoms with E-state index in [1.807, 2.05) is 6.92 Å². The van der Waals surface area contributed by atoms with Crippen molar-refractivity contribution in [3.63, 3.8) is 0 Å². The van der Waals surface area contributed by atoms with Crippen molar-refractivity contribution in [1.82, 2.24) is 0 Å². The van der Waals surface area contributed by atoms with Gasteiger partial charge in [0.05, 0.1) is 5.60 Å². The average molecular weight is 431 g/mol. The molecular formula is C29H50O2. The summed E-state index contributed by atoms with van der Waals surface area (Å²) in [5.74, 6) is 4.12. The third kappa shape index (κ3) is 3.96. The Labute approximate surface area is 192 Å². The quantitative estimate of drug-likeness (QED) is 0.471. The van der Waals surface area contributed by atoms with Crippen molar-refractivity contribution >= 4 is 0 Å². The van der Waals surface area contributed by atoms with Crippen molar-refractivity contribution in [2.75, 3.05) is 6.61 Å². The van der Waals surface area contributed by atoms with E-state index in [1.165, 1.54) is 50.5 Å². The van der Waals surface area contributed by atoms with Crippen LogP contribution in [0.25, 0.3) is 0 Å². The standard InChI is InChI=1S/C29H50O2/c1-19(12-14-26(2,3)4)23-10-11-24-22-9-8-20-17-29(7,31)21(18-30)16-28(20,6)25(22)13-15-27(23,24)5/h8,19,21-25,30-31H,9-18H2,1-7H3/t19-,21-,22+,23-,24+,25+,27-,28+,29-/m1/s1. The fraction of sp³-hybridized carbons (Fsp3) is 0.931. The molecule has 0 aromatic carbocycles. The van der Waals surface area contributed by atoms with Gasteiger partial charge in [-0.25, -0.2) is 0 Å². The van der Waals surface area contributed by atoms with E-state index in [1.54, 1.807) is 0 Å². The first kappa shape index (κ1) is 23.8. The lowest BCUT2D eigenvalue weighted by atomic mass is 9.45. The van der Waals surface area contributed by atoms with Crippen LogP contribution in [0.2, 0.25) is 0 Å². The van der Waals surface area contributed by atoms with Crippen molar-refractivity contribution in [2.24, 2.45) is 51.8 Å². The monoisotopic (exact) mass is 430 g/mol. The van der Waals surface area contributed by atoms with Gasteiger partial charge in [-0.3, -0.25) is 0 Å². The van der Waals surface area contributed by atoms with Gasteiger partial charge < -0.3 is 10.2 Å². The Kier molecular flexibility index (Phi) is 6.04. The van der Waals surface area contributed by atoms with E-state index in [2.05, 4.69) is 47.6 Å². The molecule has 9 atom stereocenters. The van der Waals surface area contributed by atoms with Crippen LogP contribution in [0, 0.1) is 51.8 Å². The third-order valence-corrected chi connectivity index (χ3v) is 11.1. The van der Waals surface area contributed by atoms with E-state index in [0.717, 1.165) is 42.4 Å². The summed E-state index contributed by atoms with van der Waals surface area (Å²) in [7, 11) is 0. The lowest BCUT2D eigenvalue weighted by Gasteiger charge is -2.60. The van der Waals surface area contributed by atoms with E-state index in [0.29, 0.717) is 10.8 Å². The van der Waals surface area contributed by atoms with Gasteiger partial charge in [0.25, 0.3) is 0 Å². The topological polar surface area (TPSA) is 40.5 Å². The molecule has 0 heterocycles. The molecule has 0 bridgehead atoms. The maximum atomic E-state index is 11.0. The molecule has 0 spiro atoms. The number of aliphatic hydroxyl groups is 2. The summed E-state index contributed by atoms with van der Waals surface area (Å²) >= 11 is 0. The molecule has 0 aromatic heterocycles.